The van der Waals surface area contributed by atoms with Gasteiger partial charge in [0, 0.05) is 6.04 Å². The Morgan fingerprint density at radius 3 is 2.31 bits per heavy atom. The molecule has 74 valence electrons. The minimum Gasteiger partial charge on any atom is -0.317 e. The van der Waals surface area contributed by atoms with E-state index in [1.54, 1.807) is 19.3 Å². The Morgan fingerprint density at radius 1 is 1.23 bits per heavy atom. The van der Waals surface area contributed by atoms with Gasteiger partial charge < -0.3 is 5.32 Å². The van der Waals surface area contributed by atoms with E-state index in [9.17, 15) is 0 Å². The zero-order valence-corrected chi connectivity index (χ0v) is 8.79. The van der Waals surface area contributed by atoms with Gasteiger partial charge in [-0.15, -0.1) is 0 Å². The Balaban J connectivity index is 1.71. The van der Waals surface area contributed by atoms with Gasteiger partial charge in [0.2, 0.25) is 0 Å². The second kappa shape index (κ2) is 2.73. The Kier molecular flexibility index (Phi) is 1.74. The molecule has 13 heavy (non-hydrogen) atoms. The van der Waals surface area contributed by atoms with Gasteiger partial charge in [-0.2, -0.15) is 0 Å². The molecule has 0 saturated heterocycles. The van der Waals surface area contributed by atoms with Crippen molar-refractivity contribution in [2.45, 2.75) is 38.6 Å². The van der Waals surface area contributed by atoms with Crippen LogP contribution >= 0.6 is 0 Å². The Bertz CT molecular complexity index is 193. The van der Waals surface area contributed by atoms with Crippen LogP contribution in [0.15, 0.2) is 0 Å². The third-order valence-electron chi connectivity index (χ3n) is 5.07. The molecule has 5 atom stereocenters. The largest absolute Gasteiger partial charge is 0.317 e. The lowest BCUT2D eigenvalue weighted by molar-refractivity contribution is 0.371. The summed E-state index contributed by atoms with van der Waals surface area (Å²) in [6.45, 7) is 2.33. The average Bonchev–Trinajstić information content (AvgIpc) is 2.59. The monoisotopic (exact) mass is 179 g/mol. The highest BCUT2D eigenvalue weighted by atomic mass is 14.9. The Labute approximate surface area is 81.3 Å². The fourth-order valence-corrected chi connectivity index (χ4v) is 4.60. The summed E-state index contributed by atoms with van der Waals surface area (Å²) in [7, 11) is 2.14. The molecule has 2 bridgehead atoms. The maximum atomic E-state index is 3.51. The highest BCUT2D eigenvalue weighted by Gasteiger charge is 2.66. The zero-order valence-electron chi connectivity index (χ0n) is 8.79. The zero-order chi connectivity index (χ0) is 9.00. The highest BCUT2D eigenvalue weighted by molar-refractivity contribution is 5.15. The van der Waals surface area contributed by atoms with E-state index in [4.69, 9.17) is 0 Å². The molecule has 0 radical (unpaired) electrons. The van der Waals surface area contributed by atoms with E-state index < -0.39 is 0 Å². The molecule has 0 spiro atoms. The molecule has 5 unspecified atom stereocenters. The van der Waals surface area contributed by atoms with Crippen molar-refractivity contribution < 1.29 is 0 Å². The lowest BCUT2D eigenvalue weighted by Gasteiger charge is -2.17. The molecule has 3 rings (SSSR count). The minimum atomic E-state index is 0.832. The van der Waals surface area contributed by atoms with Crippen molar-refractivity contribution in [1.82, 2.24) is 5.32 Å². The van der Waals surface area contributed by atoms with Gasteiger partial charge in [-0.3, -0.25) is 0 Å². The van der Waals surface area contributed by atoms with E-state index in [-0.39, 0.29) is 0 Å². The summed E-state index contributed by atoms with van der Waals surface area (Å²) in [5.41, 5.74) is 0. The number of hydrogen-bond donors (Lipinski definition) is 1. The van der Waals surface area contributed by atoms with E-state index in [1.807, 2.05) is 0 Å². The molecule has 1 nitrogen and oxygen atoms in total. The van der Waals surface area contributed by atoms with E-state index in [2.05, 4.69) is 19.3 Å². The Morgan fingerprint density at radius 2 is 1.85 bits per heavy atom. The van der Waals surface area contributed by atoms with Gasteiger partial charge in [0.1, 0.15) is 0 Å². The molecular weight excluding hydrogens is 158 g/mol. The van der Waals surface area contributed by atoms with Gasteiger partial charge in [0.15, 0.2) is 0 Å². The molecule has 3 aliphatic rings. The molecule has 0 aromatic carbocycles. The molecular formula is C12H21N. The van der Waals surface area contributed by atoms with Crippen LogP contribution in [-0.2, 0) is 0 Å². The molecule has 3 saturated carbocycles. The second-order valence-electron chi connectivity index (χ2n) is 5.37. The molecule has 3 fully saturated rings. The summed E-state index contributed by atoms with van der Waals surface area (Å²) in [5, 5.41) is 3.51. The third kappa shape index (κ3) is 0.971. The summed E-state index contributed by atoms with van der Waals surface area (Å²) in [6, 6.07) is 0.832. The molecule has 0 aliphatic heterocycles. The van der Waals surface area contributed by atoms with Crippen LogP contribution in [0.5, 0.6) is 0 Å². The maximum absolute atomic E-state index is 3.51. The van der Waals surface area contributed by atoms with Crippen molar-refractivity contribution in [1.29, 1.82) is 0 Å². The molecule has 1 heteroatoms. The van der Waals surface area contributed by atoms with Crippen molar-refractivity contribution in [3.05, 3.63) is 0 Å². The first-order valence-electron chi connectivity index (χ1n) is 6.04. The summed E-state index contributed by atoms with van der Waals surface area (Å²) in [5.74, 6) is 5.65. The normalized spacial score (nSPS) is 53.5. The van der Waals surface area contributed by atoms with Gasteiger partial charge in [-0.05, 0) is 62.3 Å². The number of hydrogen-bond acceptors (Lipinski definition) is 1. The van der Waals surface area contributed by atoms with Crippen LogP contribution in [0.25, 0.3) is 0 Å². The molecule has 0 aromatic rings. The van der Waals surface area contributed by atoms with Crippen molar-refractivity contribution in [3.8, 4) is 0 Å². The highest BCUT2D eigenvalue weighted by Crippen LogP contribution is 2.70. The summed E-state index contributed by atoms with van der Waals surface area (Å²) in [6.07, 6.45) is 6.03. The van der Waals surface area contributed by atoms with Gasteiger partial charge >= 0.3 is 0 Å². The van der Waals surface area contributed by atoms with Crippen molar-refractivity contribution in [2.24, 2.45) is 29.6 Å². The van der Waals surface area contributed by atoms with Crippen molar-refractivity contribution in [3.63, 3.8) is 0 Å². The maximum Gasteiger partial charge on any atom is 0.00954 e. The van der Waals surface area contributed by atoms with Crippen LogP contribution in [0, 0.1) is 29.6 Å². The first-order chi connectivity index (χ1) is 6.36. The topological polar surface area (TPSA) is 12.0 Å². The first kappa shape index (κ1) is 8.28. The van der Waals surface area contributed by atoms with Crippen LogP contribution in [0.1, 0.15) is 32.6 Å². The lowest BCUT2D eigenvalue weighted by Crippen LogP contribution is -2.29. The van der Waals surface area contributed by atoms with Gasteiger partial charge in [-0.1, -0.05) is 6.92 Å². The fourth-order valence-electron chi connectivity index (χ4n) is 4.60. The van der Waals surface area contributed by atoms with Crippen LogP contribution in [0.4, 0.5) is 0 Å². The van der Waals surface area contributed by atoms with Crippen molar-refractivity contribution in [2.75, 3.05) is 7.05 Å². The quantitative estimate of drug-likeness (QED) is 0.701. The van der Waals surface area contributed by atoms with Crippen LogP contribution in [0.3, 0.4) is 0 Å². The van der Waals surface area contributed by atoms with Crippen LogP contribution in [-0.4, -0.2) is 13.1 Å². The van der Waals surface area contributed by atoms with E-state index in [1.165, 1.54) is 6.42 Å². The number of fused-ring (bicyclic) bond motifs is 5. The predicted molar refractivity (Wildman–Crippen MR) is 54.4 cm³/mol. The molecule has 0 heterocycles. The second-order valence-corrected chi connectivity index (χ2v) is 5.37. The summed E-state index contributed by atoms with van der Waals surface area (Å²) in [4.78, 5) is 0. The average molecular weight is 179 g/mol. The van der Waals surface area contributed by atoms with E-state index in [0.29, 0.717) is 0 Å². The molecule has 0 aromatic heterocycles. The molecule has 0 amide bonds. The molecule has 3 aliphatic carbocycles. The van der Waals surface area contributed by atoms with Gasteiger partial charge in [0.25, 0.3) is 0 Å². The van der Waals surface area contributed by atoms with E-state index in [0.717, 1.165) is 35.6 Å². The van der Waals surface area contributed by atoms with Gasteiger partial charge in [0.05, 0.1) is 0 Å². The number of nitrogens with one attached hydrogen (secondary N) is 1. The van der Waals surface area contributed by atoms with Gasteiger partial charge in [-0.25, -0.2) is 0 Å². The first-order valence-corrected chi connectivity index (χ1v) is 6.04. The fraction of sp³-hybridized carbons (Fsp3) is 1.00. The standard InChI is InChI=1S/C12H21N/c1-3-9(13-2)12-10-7-4-5-8(6-7)11(10)12/h7-13H,3-6H2,1-2H3. The van der Waals surface area contributed by atoms with Crippen LogP contribution < -0.4 is 5.32 Å². The Hall–Kier alpha value is -0.0400. The van der Waals surface area contributed by atoms with Crippen LogP contribution in [0.2, 0.25) is 0 Å². The predicted octanol–water partition coefficient (Wildman–Crippen LogP) is 2.28. The molecule has 1 N–H and O–H groups in total. The smallest absolute Gasteiger partial charge is 0.00954 e. The lowest BCUT2D eigenvalue weighted by atomic mass is 9.96. The third-order valence-corrected chi connectivity index (χ3v) is 5.07. The minimum absolute atomic E-state index is 0.832. The number of rotatable bonds is 3. The summed E-state index contributed by atoms with van der Waals surface area (Å²) >= 11 is 0. The SMILES string of the molecule is CCC(NC)C1C2C3CCC(C3)C21. The van der Waals surface area contributed by atoms with Crippen molar-refractivity contribution >= 4 is 0 Å². The van der Waals surface area contributed by atoms with E-state index >= 15 is 0 Å². The summed E-state index contributed by atoms with van der Waals surface area (Å²) < 4.78 is 0.